The fourth-order valence-electron chi connectivity index (χ4n) is 3.19. The molecule has 0 aliphatic carbocycles. The summed E-state index contributed by atoms with van der Waals surface area (Å²) in [4.78, 5) is 14.7. The zero-order valence-corrected chi connectivity index (χ0v) is 16.2. The zero-order valence-electron chi connectivity index (χ0n) is 15.5. The van der Waals surface area contributed by atoms with Gasteiger partial charge in [-0.3, -0.25) is 4.79 Å². The molecule has 0 aliphatic rings. The van der Waals surface area contributed by atoms with Crippen molar-refractivity contribution < 1.29 is 14.6 Å². The van der Waals surface area contributed by atoms with Crippen LogP contribution in [0.5, 0.6) is 11.5 Å². The van der Waals surface area contributed by atoms with Crippen LogP contribution in [-0.4, -0.2) is 35.8 Å². The van der Waals surface area contributed by atoms with E-state index in [-0.39, 0.29) is 33.8 Å². The maximum absolute atomic E-state index is 12.7. The largest absolute Gasteiger partial charge is 0.507 e. The number of phenols is 2. The molecule has 0 unspecified atom stereocenters. The molecule has 0 fully saturated rings. The van der Waals surface area contributed by atoms with Crippen LogP contribution < -0.4 is 5.43 Å². The van der Waals surface area contributed by atoms with Gasteiger partial charge in [-0.2, -0.15) is 0 Å². The second kappa shape index (κ2) is 7.62. The van der Waals surface area contributed by atoms with Gasteiger partial charge in [0.2, 0.25) is 0 Å². The first-order chi connectivity index (χ1) is 12.8. The van der Waals surface area contributed by atoms with Crippen LogP contribution in [0, 0.1) is 0 Å². The third-order valence-corrected chi connectivity index (χ3v) is 4.97. The number of aromatic hydroxyl groups is 2. The molecule has 0 spiro atoms. The SMILES string of the molecule is C[C@@H](CCN(C)C)c1c(O)cc(O)c2c(=O)cc(-c3ccccc3Cl)oc12. The summed E-state index contributed by atoms with van der Waals surface area (Å²) in [5, 5.41) is 21.2. The predicted octanol–water partition coefficient (Wildman–Crippen LogP) is 4.58. The van der Waals surface area contributed by atoms with Crippen LogP contribution in [0.2, 0.25) is 5.02 Å². The maximum atomic E-state index is 12.7. The molecule has 1 atom stereocenters. The van der Waals surface area contributed by atoms with Crippen molar-refractivity contribution in [3.63, 3.8) is 0 Å². The monoisotopic (exact) mass is 387 g/mol. The lowest BCUT2D eigenvalue weighted by atomic mass is 9.94. The molecular weight excluding hydrogens is 366 g/mol. The molecule has 0 saturated heterocycles. The molecule has 3 rings (SSSR count). The summed E-state index contributed by atoms with van der Waals surface area (Å²) in [6.45, 7) is 2.76. The van der Waals surface area contributed by atoms with Crippen LogP contribution in [0.4, 0.5) is 0 Å². The van der Waals surface area contributed by atoms with Crippen LogP contribution >= 0.6 is 11.6 Å². The third-order valence-electron chi connectivity index (χ3n) is 4.64. The number of hydrogen-bond acceptors (Lipinski definition) is 5. The lowest BCUT2D eigenvalue weighted by Gasteiger charge is -2.18. The standard InChI is InChI=1S/C21H22ClNO4/c1-12(8-9-23(2)3)19-15(24)10-16(25)20-17(26)11-18(27-21(19)20)13-6-4-5-7-14(13)22/h4-7,10-12,24-25H,8-9H2,1-3H3/t12-/m0/s1. The summed E-state index contributed by atoms with van der Waals surface area (Å²) < 4.78 is 6.01. The lowest BCUT2D eigenvalue weighted by Crippen LogP contribution is -2.15. The smallest absolute Gasteiger partial charge is 0.197 e. The molecule has 3 aromatic rings. The van der Waals surface area contributed by atoms with E-state index in [1.807, 2.05) is 25.9 Å². The van der Waals surface area contributed by atoms with Crippen molar-refractivity contribution in [2.45, 2.75) is 19.3 Å². The average Bonchev–Trinajstić information content (AvgIpc) is 2.59. The molecule has 1 aromatic heterocycles. The number of fused-ring (bicyclic) bond motifs is 1. The number of nitrogens with zero attached hydrogens (tertiary/aromatic N) is 1. The van der Waals surface area contributed by atoms with E-state index in [9.17, 15) is 15.0 Å². The summed E-state index contributed by atoms with van der Waals surface area (Å²) in [6, 6.07) is 9.57. The van der Waals surface area contributed by atoms with Gasteiger partial charge in [-0.25, -0.2) is 0 Å². The second-order valence-corrected chi connectivity index (χ2v) is 7.39. The minimum Gasteiger partial charge on any atom is -0.507 e. The first-order valence-electron chi connectivity index (χ1n) is 8.72. The Balaban J connectivity index is 2.26. The first-order valence-corrected chi connectivity index (χ1v) is 9.09. The molecular formula is C21H22ClNO4. The van der Waals surface area contributed by atoms with Gasteiger partial charge in [0.25, 0.3) is 0 Å². The van der Waals surface area contributed by atoms with Gasteiger partial charge in [0.05, 0.1) is 5.02 Å². The highest BCUT2D eigenvalue weighted by atomic mass is 35.5. The lowest BCUT2D eigenvalue weighted by molar-refractivity contribution is 0.380. The Labute approximate surface area is 162 Å². The molecule has 0 aliphatic heterocycles. The van der Waals surface area contributed by atoms with Gasteiger partial charge in [0, 0.05) is 23.3 Å². The van der Waals surface area contributed by atoms with Gasteiger partial charge in [-0.05, 0) is 45.1 Å². The van der Waals surface area contributed by atoms with Crippen molar-refractivity contribution >= 4 is 22.6 Å². The Kier molecular flexibility index (Phi) is 5.44. The van der Waals surface area contributed by atoms with Crippen molar-refractivity contribution in [2.75, 3.05) is 20.6 Å². The molecule has 1 heterocycles. The van der Waals surface area contributed by atoms with Crippen molar-refractivity contribution in [3.8, 4) is 22.8 Å². The highest BCUT2D eigenvalue weighted by molar-refractivity contribution is 6.33. The molecule has 142 valence electrons. The van der Waals surface area contributed by atoms with E-state index in [1.165, 1.54) is 12.1 Å². The quantitative estimate of drug-likeness (QED) is 0.670. The maximum Gasteiger partial charge on any atom is 0.197 e. The summed E-state index contributed by atoms with van der Waals surface area (Å²) in [7, 11) is 3.94. The summed E-state index contributed by atoms with van der Waals surface area (Å²) in [5.74, 6) is -0.180. The minimum atomic E-state index is -0.385. The van der Waals surface area contributed by atoms with Gasteiger partial charge < -0.3 is 19.5 Å². The van der Waals surface area contributed by atoms with Crippen molar-refractivity contribution in [2.24, 2.45) is 0 Å². The first kappa shape index (κ1) is 19.3. The van der Waals surface area contributed by atoms with Crippen LogP contribution in [0.15, 0.2) is 45.6 Å². The van der Waals surface area contributed by atoms with Crippen LogP contribution in [0.25, 0.3) is 22.3 Å². The third kappa shape index (κ3) is 3.80. The van der Waals surface area contributed by atoms with E-state index >= 15 is 0 Å². The van der Waals surface area contributed by atoms with Gasteiger partial charge in [-0.15, -0.1) is 0 Å². The molecule has 0 bridgehead atoms. The minimum absolute atomic E-state index is 0.0651. The predicted molar refractivity (Wildman–Crippen MR) is 108 cm³/mol. The molecule has 27 heavy (non-hydrogen) atoms. The van der Waals surface area contributed by atoms with E-state index in [1.54, 1.807) is 24.3 Å². The topological polar surface area (TPSA) is 73.9 Å². The molecule has 2 N–H and O–H groups in total. The van der Waals surface area contributed by atoms with E-state index in [0.29, 0.717) is 21.9 Å². The van der Waals surface area contributed by atoms with Gasteiger partial charge in [0.15, 0.2) is 5.43 Å². The fraction of sp³-hybridized carbons (Fsp3) is 0.286. The number of benzene rings is 2. The van der Waals surface area contributed by atoms with Crippen molar-refractivity contribution in [1.82, 2.24) is 4.90 Å². The van der Waals surface area contributed by atoms with E-state index in [0.717, 1.165) is 13.0 Å². The zero-order chi connectivity index (χ0) is 19.7. The molecule has 6 heteroatoms. The van der Waals surface area contributed by atoms with E-state index < -0.39 is 0 Å². The van der Waals surface area contributed by atoms with Crippen LogP contribution in [-0.2, 0) is 0 Å². The molecule has 5 nitrogen and oxygen atoms in total. The van der Waals surface area contributed by atoms with Crippen molar-refractivity contribution in [3.05, 3.63) is 57.2 Å². The summed E-state index contributed by atoms with van der Waals surface area (Å²) in [6.07, 6.45) is 0.750. The average molecular weight is 388 g/mol. The fourth-order valence-corrected chi connectivity index (χ4v) is 3.42. The Hall–Kier alpha value is -2.50. The van der Waals surface area contributed by atoms with Crippen LogP contribution in [0.1, 0.15) is 24.8 Å². The Bertz CT molecular complexity index is 1040. The number of halogens is 1. The molecule has 0 radical (unpaired) electrons. The van der Waals surface area contributed by atoms with Crippen LogP contribution in [0.3, 0.4) is 0 Å². The number of phenolic OH excluding ortho intramolecular Hbond substituents is 2. The van der Waals surface area contributed by atoms with Gasteiger partial charge in [-0.1, -0.05) is 30.7 Å². The summed E-state index contributed by atoms with van der Waals surface area (Å²) in [5.41, 5.74) is 0.898. The Morgan fingerprint density at radius 3 is 2.52 bits per heavy atom. The van der Waals surface area contributed by atoms with E-state index in [4.69, 9.17) is 16.0 Å². The normalized spacial score (nSPS) is 12.6. The molecule has 0 saturated carbocycles. The Morgan fingerprint density at radius 1 is 1.15 bits per heavy atom. The highest BCUT2D eigenvalue weighted by Gasteiger charge is 2.22. The van der Waals surface area contributed by atoms with E-state index in [2.05, 4.69) is 0 Å². The second-order valence-electron chi connectivity index (χ2n) is 6.98. The summed E-state index contributed by atoms with van der Waals surface area (Å²) >= 11 is 6.25. The number of hydrogen-bond donors (Lipinski definition) is 2. The number of rotatable bonds is 5. The molecule has 0 amide bonds. The highest BCUT2D eigenvalue weighted by Crippen LogP contribution is 2.40. The molecule has 2 aromatic carbocycles. The van der Waals surface area contributed by atoms with Gasteiger partial charge in [0.1, 0.15) is 28.2 Å². The van der Waals surface area contributed by atoms with Gasteiger partial charge >= 0.3 is 0 Å². The Morgan fingerprint density at radius 2 is 1.85 bits per heavy atom. The van der Waals surface area contributed by atoms with Crippen molar-refractivity contribution in [1.29, 1.82) is 0 Å².